The second kappa shape index (κ2) is 7.38. The smallest absolute Gasteiger partial charge is 0.274 e. The van der Waals surface area contributed by atoms with E-state index in [2.05, 4.69) is 29.1 Å². The predicted octanol–water partition coefficient (Wildman–Crippen LogP) is 2.95. The fraction of sp³-hybridized carbons (Fsp3) is 0.688. The molecule has 0 radical (unpaired) electrons. The molecule has 1 amide bonds. The average Bonchev–Trinajstić information content (AvgIpc) is 2.52. The number of nitrogens with zero attached hydrogens (tertiary/aromatic N) is 3. The van der Waals surface area contributed by atoms with Gasteiger partial charge in [-0.2, -0.15) is 0 Å². The van der Waals surface area contributed by atoms with Crippen LogP contribution in [0.2, 0.25) is 0 Å². The van der Waals surface area contributed by atoms with Crippen molar-refractivity contribution in [2.75, 3.05) is 18.9 Å². The van der Waals surface area contributed by atoms with Crippen LogP contribution in [0.25, 0.3) is 0 Å². The maximum absolute atomic E-state index is 12.5. The third-order valence-electron chi connectivity index (χ3n) is 4.31. The molecule has 2 rings (SSSR count). The summed E-state index contributed by atoms with van der Waals surface area (Å²) in [7, 11) is 1.89. The molecule has 1 aromatic heterocycles. The van der Waals surface area contributed by atoms with E-state index in [0.717, 1.165) is 25.2 Å². The third kappa shape index (κ3) is 3.93. The fourth-order valence-electron chi connectivity index (χ4n) is 2.99. The standard InChI is InChI=1S/C16H26N4O/c1-4-9-17-15-11-18-13(10-19-15)16(21)20(3)14-8-6-5-7-12(14)2/h10-12,14H,4-9H2,1-3H3,(H,17,19). The topological polar surface area (TPSA) is 58.1 Å². The highest BCUT2D eigenvalue weighted by Gasteiger charge is 2.28. The predicted molar refractivity (Wildman–Crippen MR) is 84.3 cm³/mol. The molecule has 1 heterocycles. The summed E-state index contributed by atoms with van der Waals surface area (Å²) in [6.07, 6.45) is 9.02. The second-order valence-corrected chi connectivity index (χ2v) is 5.96. The number of aromatic nitrogens is 2. The van der Waals surface area contributed by atoms with Crippen LogP contribution in [-0.4, -0.2) is 40.4 Å². The Kier molecular flexibility index (Phi) is 5.53. The lowest BCUT2D eigenvalue weighted by Crippen LogP contribution is -2.42. The third-order valence-corrected chi connectivity index (χ3v) is 4.31. The van der Waals surface area contributed by atoms with Crippen molar-refractivity contribution in [2.45, 2.75) is 52.0 Å². The minimum atomic E-state index is -0.0247. The Balaban J connectivity index is 2.01. The van der Waals surface area contributed by atoms with Crippen molar-refractivity contribution in [3.63, 3.8) is 0 Å². The van der Waals surface area contributed by atoms with Crippen LogP contribution in [0.4, 0.5) is 5.82 Å². The zero-order chi connectivity index (χ0) is 15.2. The lowest BCUT2D eigenvalue weighted by Gasteiger charge is -2.36. The van der Waals surface area contributed by atoms with Gasteiger partial charge < -0.3 is 10.2 Å². The Hall–Kier alpha value is -1.65. The summed E-state index contributed by atoms with van der Waals surface area (Å²) in [5.41, 5.74) is 0.428. The van der Waals surface area contributed by atoms with Gasteiger partial charge in [-0.05, 0) is 25.2 Å². The molecule has 21 heavy (non-hydrogen) atoms. The van der Waals surface area contributed by atoms with Crippen molar-refractivity contribution in [3.8, 4) is 0 Å². The first-order valence-corrected chi connectivity index (χ1v) is 7.96. The number of anilines is 1. The lowest BCUT2D eigenvalue weighted by molar-refractivity contribution is 0.0622. The van der Waals surface area contributed by atoms with Crippen LogP contribution in [0.3, 0.4) is 0 Å². The molecule has 1 fully saturated rings. The lowest BCUT2D eigenvalue weighted by atomic mass is 9.85. The van der Waals surface area contributed by atoms with Crippen molar-refractivity contribution < 1.29 is 4.79 Å². The zero-order valence-electron chi connectivity index (χ0n) is 13.3. The molecule has 1 aliphatic carbocycles. The Morgan fingerprint density at radius 1 is 1.33 bits per heavy atom. The number of amides is 1. The molecule has 1 saturated carbocycles. The Morgan fingerprint density at radius 3 is 2.71 bits per heavy atom. The van der Waals surface area contributed by atoms with Crippen LogP contribution in [-0.2, 0) is 0 Å². The van der Waals surface area contributed by atoms with E-state index in [9.17, 15) is 4.79 Å². The van der Waals surface area contributed by atoms with Gasteiger partial charge in [-0.1, -0.05) is 26.7 Å². The summed E-state index contributed by atoms with van der Waals surface area (Å²) in [6, 6.07) is 0.325. The van der Waals surface area contributed by atoms with E-state index in [1.165, 1.54) is 19.3 Å². The first-order chi connectivity index (χ1) is 10.1. The molecular weight excluding hydrogens is 264 g/mol. The van der Waals surface area contributed by atoms with Gasteiger partial charge >= 0.3 is 0 Å². The van der Waals surface area contributed by atoms with Crippen molar-refractivity contribution >= 4 is 11.7 Å². The molecule has 0 aliphatic heterocycles. The van der Waals surface area contributed by atoms with Gasteiger partial charge in [-0.15, -0.1) is 0 Å². The largest absolute Gasteiger partial charge is 0.369 e. The van der Waals surface area contributed by atoms with E-state index in [1.807, 2.05) is 11.9 Å². The number of carbonyl (C=O) groups excluding carboxylic acids is 1. The Bertz CT molecular complexity index is 460. The van der Waals surface area contributed by atoms with Gasteiger partial charge in [-0.3, -0.25) is 4.79 Å². The van der Waals surface area contributed by atoms with Gasteiger partial charge in [0.1, 0.15) is 11.5 Å². The van der Waals surface area contributed by atoms with E-state index in [1.54, 1.807) is 12.4 Å². The van der Waals surface area contributed by atoms with Gasteiger partial charge in [0.05, 0.1) is 12.4 Å². The fourth-order valence-corrected chi connectivity index (χ4v) is 2.99. The molecule has 2 atom stereocenters. The molecule has 0 bridgehead atoms. The number of carbonyl (C=O) groups is 1. The van der Waals surface area contributed by atoms with Gasteiger partial charge in [0.15, 0.2) is 0 Å². The van der Waals surface area contributed by atoms with Crippen LogP contribution >= 0.6 is 0 Å². The summed E-state index contributed by atoms with van der Waals surface area (Å²) < 4.78 is 0. The van der Waals surface area contributed by atoms with Crippen molar-refractivity contribution in [1.82, 2.24) is 14.9 Å². The van der Waals surface area contributed by atoms with Crippen LogP contribution in [0, 0.1) is 5.92 Å². The number of nitrogens with one attached hydrogen (secondary N) is 1. The molecule has 1 aromatic rings. The summed E-state index contributed by atoms with van der Waals surface area (Å²) >= 11 is 0. The van der Waals surface area contributed by atoms with Gasteiger partial charge in [0.25, 0.3) is 5.91 Å². The zero-order valence-corrected chi connectivity index (χ0v) is 13.3. The minimum Gasteiger partial charge on any atom is -0.369 e. The van der Waals surface area contributed by atoms with E-state index in [4.69, 9.17) is 0 Å². The highest BCUT2D eigenvalue weighted by molar-refractivity contribution is 5.92. The molecule has 1 aliphatic rings. The monoisotopic (exact) mass is 290 g/mol. The normalized spacial score (nSPS) is 21.9. The minimum absolute atomic E-state index is 0.0247. The molecule has 5 nitrogen and oxygen atoms in total. The van der Waals surface area contributed by atoms with Crippen molar-refractivity contribution in [3.05, 3.63) is 18.1 Å². The first-order valence-electron chi connectivity index (χ1n) is 7.96. The molecule has 0 saturated heterocycles. The van der Waals surface area contributed by atoms with Crippen LogP contribution in [0.15, 0.2) is 12.4 Å². The van der Waals surface area contributed by atoms with Crippen molar-refractivity contribution in [1.29, 1.82) is 0 Å². The molecule has 0 spiro atoms. The molecule has 1 N–H and O–H groups in total. The Morgan fingerprint density at radius 2 is 2.10 bits per heavy atom. The number of hydrogen-bond donors (Lipinski definition) is 1. The summed E-state index contributed by atoms with van der Waals surface area (Å²) in [5.74, 6) is 1.26. The maximum atomic E-state index is 12.5. The Labute approximate surface area is 127 Å². The molecule has 116 valence electrons. The van der Waals surface area contributed by atoms with E-state index in [0.29, 0.717) is 17.7 Å². The molecule has 0 aromatic carbocycles. The summed E-state index contributed by atoms with van der Waals surface area (Å²) in [6.45, 7) is 5.19. The van der Waals surface area contributed by atoms with Gasteiger partial charge in [0.2, 0.25) is 0 Å². The summed E-state index contributed by atoms with van der Waals surface area (Å²) in [5, 5.41) is 3.16. The average molecular weight is 290 g/mol. The number of hydrogen-bond acceptors (Lipinski definition) is 4. The van der Waals surface area contributed by atoms with Crippen LogP contribution < -0.4 is 5.32 Å². The maximum Gasteiger partial charge on any atom is 0.274 e. The molecular formula is C16H26N4O. The van der Waals surface area contributed by atoms with Crippen molar-refractivity contribution in [2.24, 2.45) is 5.92 Å². The SMILES string of the molecule is CCCNc1cnc(C(=O)N(C)C2CCCCC2C)cn1. The highest BCUT2D eigenvalue weighted by atomic mass is 16.2. The van der Waals surface area contributed by atoms with E-state index >= 15 is 0 Å². The summed E-state index contributed by atoms with van der Waals surface area (Å²) in [4.78, 5) is 22.9. The second-order valence-electron chi connectivity index (χ2n) is 5.96. The first kappa shape index (κ1) is 15.7. The highest BCUT2D eigenvalue weighted by Crippen LogP contribution is 2.27. The van der Waals surface area contributed by atoms with E-state index < -0.39 is 0 Å². The quantitative estimate of drug-likeness (QED) is 0.906. The van der Waals surface area contributed by atoms with E-state index in [-0.39, 0.29) is 5.91 Å². The van der Waals surface area contributed by atoms with Crippen LogP contribution in [0.5, 0.6) is 0 Å². The van der Waals surface area contributed by atoms with Crippen LogP contribution in [0.1, 0.15) is 56.4 Å². The van der Waals surface area contributed by atoms with Gasteiger partial charge in [0, 0.05) is 19.6 Å². The van der Waals surface area contributed by atoms with Gasteiger partial charge in [-0.25, -0.2) is 9.97 Å². The molecule has 5 heteroatoms. The number of rotatable bonds is 5. The molecule has 2 unspecified atom stereocenters.